The summed E-state index contributed by atoms with van der Waals surface area (Å²) >= 11 is 0. The summed E-state index contributed by atoms with van der Waals surface area (Å²) in [7, 11) is 7.09. The summed E-state index contributed by atoms with van der Waals surface area (Å²) in [5.41, 5.74) is 0. The van der Waals surface area contributed by atoms with Crippen molar-refractivity contribution in [1.82, 2.24) is 15.1 Å². The number of halogens is 1. The van der Waals surface area contributed by atoms with Crippen LogP contribution in [0.25, 0.3) is 0 Å². The lowest BCUT2D eigenvalue weighted by molar-refractivity contribution is -0.0101. The zero-order valence-corrected chi connectivity index (χ0v) is 26.1. The average molecular weight is 566 g/mol. The number of methoxy groups -OCH3 is 1. The van der Waals surface area contributed by atoms with E-state index in [0.717, 1.165) is 19.4 Å². The molecule has 0 saturated carbocycles. The van der Waals surface area contributed by atoms with Crippen LogP contribution in [0.5, 0.6) is 0 Å². The Bertz CT molecular complexity index is 540. The third kappa shape index (κ3) is 26.4. The van der Waals surface area contributed by atoms with Gasteiger partial charge in [0.1, 0.15) is 19.3 Å². The smallest absolute Gasteiger partial charge is 0.409 e. The fraction of sp³-hybridized carbons (Fsp3) is 0.931. The van der Waals surface area contributed by atoms with Crippen LogP contribution in [0.3, 0.4) is 0 Å². The first-order valence-electron chi connectivity index (χ1n) is 14.9. The molecule has 0 heterocycles. The topological polar surface area (TPSA) is 80.3 Å². The number of carbonyl (C=O) groups excluding carboxylic acids is 2. The maximum absolute atomic E-state index is 12.0. The molecule has 2 amide bonds. The van der Waals surface area contributed by atoms with Crippen molar-refractivity contribution in [3.63, 3.8) is 0 Å². The molecule has 0 rings (SSSR count). The quantitative estimate of drug-likeness (QED) is 0.120. The SMILES string of the molecule is CCCCCCCCCCCCCCCCCCNC(=O)OCC(COC(=O)N(C)CCN(C)C)OC.Cl. The molecule has 0 aromatic carbocycles. The van der Waals surface area contributed by atoms with Crippen LogP contribution in [0.4, 0.5) is 9.59 Å². The maximum atomic E-state index is 12.0. The van der Waals surface area contributed by atoms with Crippen molar-refractivity contribution in [3.8, 4) is 0 Å². The monoisotopic (exact) mass is 565 g/mol. The van der Waals surface area contributed by atoms with Crippen molar-refractivity contribution in [2.24, 2.45) is 0 Å². The van der Waals surface area contributed by atoms with E-state index in [9.17, 15) is 9.59 Å². The van der Waals surface area contributed by atoms with Crippen LogP contribution in [0.1, 0.15) is 110 Å². The van der Waals surface area contributed by atoms with E-state index >= 15 is 0 Å². The highest BCUT2D eigenvalue weighted by Gasteiger charge is 2.16. The summed E-state index contributed by atoms with van der Waals surface area (Å²) in [5.74, 6) is 0. The van der Waals surface area contributed by atoms with E-state index in [1.54, 1.807) is 7.05 Å². The Morgan fingerprint density at radius 1 is 0.684 bits per heavy atom. The second-order valence-electron chi connectivity index (χ2n) is 10.5. The predicted molar refractivity (Wildman–Crippen MR) is 159 cm³/mol. The van der Waals surface area contributed by atoms with Gasteiger partial charge in [-0.2, -0.15) is 0 Å². The van der Waals surface area contributed by atoms with E-state index in [-0.39, 0.29) is 25.6 Å². The molecule has 0 bridgehead atoms. The van der Waals surface area contributed by atoms with E-state index in [1.807, 2.05) is 19.0 Å². The summed E-state index contributed by atoms with van der Waals surface area (Å²) in [6, 6.07) is 0. The Morgan fingerprint density at radius 2 is 1.13 bits per heavy atom. The van der Waals surface area contributed by atoms with Gasteiger partial charge < -0.3 is 29.3 Å². The van der Waals surface area contributed by atoms with Crippen molar-refractivity contribution in [1.29, 1.82) is 0 Å². The Morgan fingerprint density at radius 3 is 1.58 bits per heavy atom. The highest BCUT2D eigenvalue weighted by atomic mass is 35.5. The van der Waals surface area contributed by atoms with Crippen molar-refractivity contribution in [3.05, 3.63) is 0 Å². The molecule has 1 unspecified atom stereocenters. The van der Waals surface area contributed by atoms with Crippen LogP contribution in [-0.4, -0.2) is 89.2 Å². The zero-order chi connectivity index (χ0) is 27.6. The number of ether oxygens (including phenoxy) is 3. The molecule has 228 valence electrons. The minimum Gasteiger partial charge on any atom is -0.447 e. The van der Waals surface area contributed by atoms with Crippen LogP contribution in [0.15, 0.2) is 0 Å². The van der Waals surface area contributed by atoms with Gasteiger partial charge in [0.15, 0.2) is 0 Å². The van der Waals surface area contributed by atoms with Crippen molar-refractivity contribution in [2.75, 3.05) is 61.1 Å². The lowest BCUT2D eigenvalue weighted by Crippen LogP contribution is -2.37. The largest absolute Gasteiger partial charge is 0.447 e. The molecule has 0 saturated heterocycles. The maximum Gasteiger partial charge on any atom is 0.409 e. The Balaban J connectivity index is 0. The number of amides is 2. The lowest BCUT2D eigenvalue weighted by Gasteiger charge is -2.21. The fourth-order valence-electron chi connectivity index (χ4n) is 3.98. The highest BCUT2D eigenvalue weighted by molar-refractivity contribution is 5.85. The number of nitrogens with zero attached hydrogens (tertiary/aromatic N) is 2. The van der Waals surface area contributed by atoms with Gasteiger partial charge in [0.25, 0.3) is 0 Å². The second-order valence-corrected chi connectivity index (χ2v) is 10.5. The van der Waals surface area contributed by atoms with Gasteiger partial charge in [-0.1, -0.05) is 103 Å². The zero-order valence-electron chi connectivity index (χ0n) is 25.3. The van der Waals surface area contributed by atoms with Gasteiger partial charge in [-0.3, -0.25) is 0 Å². The lowest BCUT2D eigenvalue weighted by atomic mass is 10.0. The first kappa shape index (κ1) is 38.9. The molecule has 38 heavy (non-hydrogen) atoms. The minimum atomic E-state index is -0.493. The van der Waals surface area contributed by atoms with Crippen molar-refractivity contribution < 1.29 is 23.8 Å². The molecule has 0 aliphatic heterocycles. The van der Waals surface area contributed by atoms with Crippen molar-refractivity contribution >= 4 is 24.6 Å². The molecule has 1 atom stereocenters. The molecule has 0 aliphatic carbocycles. The number of hydrogen-bond donors (Lipinski definition) is 1. The summed E-state index contributed by atoms with van der Waals surface area (Å²) in [6.45, 7) is 4.28. The normalized spacial score (nSPS) is 11.6. The number of likely N-dealkylation sites (N-methyl/N-ethyl adjacent to an activating group) is 2. The van der Waals surface area contributed by atoms with Crippen LogP contribution in [-0.2, 0) is 14.2 Å². The van der Waals surface area contributed by atoms with Crippen LogP contribution in [0, 0.1) is 0 Å². The Labute approximate surface area is 240 Å². The molecule has 0 fully saturated rings. The van der Waals surface area contributed by atoms with Crippen molar-refractivity contribution in [2.45, 2.75) is 116 Å². The first-order valence-corrected chi connectivity index (χ1v) is 14.9. The van der Waals surface area contributed by atoms with Gasteiger partial charge in [-0.25, -0.2) is 9.59 Å². The molecule has 1 N–H and O–H groups in total. The first-order chi connectivity index (χ1) is 17.9. The third-order valence-electron chi connectivity index (χ3n) is 6.62. The number of unbranched alkanes of at least 4 members (excludes halogenated alkanes) is 15. The number of carbonyl (C=O) groups is 2. The molecule has 0 spiro atoms. The second kappa shape index (κ2) is 28.8. The third-order valence-corrected chi connectivity index (χ3v) is 6.62. The van der Waals surface area contributed by atoms with E-state index in [0.29, 0.717) is 13.1 Å². The fourth-order valence-corrected chi connectivity index (χ4v) is 3.98. The number of alkyl carbamates (subject to hydrolysis) is 1. The molecular weight excluding hydrogens is 506 g/mol. The minimum absolute atomic E-state index is 0. The standard InChI is InChI=1S/C29H59N3O5.ClH/c1-6-7-8-9-10-11-12-13-14-15-16-17-18-19-20-21-22-30-28(33)36-25-27(35-5)26-37-29(34)32(4)24-23-31(2)3;/h27H,6-26H2,1-5H3,(H,30,33);1H. The van der Waals surface area contributed by atoms with Gasteiger partial charge in [0.2, 0.25) is 0 Å². The predicted octanol–water partition coefficient (Wildman–Crippen LogP) is 7.04. The molecular formula is C29H60ClN3O5. The van der Waals surface area contributed by atoms with Crippen LogP contribution < -0.4 is 5.32 Å². The number of hydrogen-bond acceptors (Lipinski definition) is 6. The van der Waals surface area contributed by atoms with E-state index in [2.05, 4.69) is 12.2 Å². The molecule has 0 aromatic heterocycles. The molecule has 8 nitrogen and oxygen atoms in total. The van der Waals surface area contributed by atoms with Crippen LogP contribution in [0.2, 0.25) is 0 Å². The van der Waals surface area contributed by atoms with Gasteiger partial charge in [-0.05, 0) is 20.5 Å². The molecule has 0 aliphatic rings. The Kier molecular flexibility index (Phi) is 29.4. The van der Waals surface area contributed by atoms with Gasteiger partial charge in [0, 0.05) is 33.8 Å². The highest BCUT2D eigenvalue weighted by Crippen LogP contribution is 2.13. The van der Waals surface area contributed by atoms with Gasteiger partial charge in [-0.15, -0.1) is 12.4 Å². The number of rotatable bonds is 25. The summed E-state index contributed by atoms with van der Waals surface area (Å²) < 4.78 is 15.7. The van der Waals surface area contributed by atoms with Gasteiger partial charge in [0.05, 0.1) is 0 Å². The molecule has 0 radical (unpaired) electrons. The molecule has 9 heteroatoms. The number of nitrogens with one attached hydrogen (secondary N) is 1. The van der Waals surface area contributed by atoms with E-state index in [1.165, 1.54) is 102 Å². The van der Waals surface area contributed by atoms with E-state index < -0.39 is 18.3 Å². The average Bonchev–Trinajstić information content (AvgIpc) is 2.88. The summed E-state index contributed by atoms with van der Waals surface area (Å²) in [6.07, 6.45) is 19.9. The molecule has 0 aromatic rings. The summed E-state index contributed by atoms with van der Waals surface area (Å²) in [4.78, 5) is 27.4. The van der Waals surface area contributed by atoms with E-state index in [4.69, 9.17) is 14.2 Å². The van der Waals surface area contributed by atoms with Gasteiger partial charge >= 0.3 is 12.2 Å². The summed E-state index contributed by atoms with van der Waals surface area (Å²) in [5, 5.41) is 2.78. The Hall–Kier alpha value is -1.25. The van der Waals surface area contributed by atoms with Crippen LogP contribution >= 0.6 is 12.4 Å².